The fraction of sp³-hybridized carbons (Fsp3) is 0.231. The second-order valence-corrected chi connectivity index (χ2v) is 8.77. The number of halogens is 4. The molecular formula is C26H23ClF3N5O3. The number of amidine groups is 1. The van der Waals surface area contributed by atoms with Crippen LogP contribution in [0.25, 0.3) is 0 Å². The van der Waals surface area contributed by atoms with Gasteiger partial charge >= 0.3 is 6.18 Å². The van der Waals surface area contributed by atoms with Crippen LogP contribution in [0.4, 0.5) is 18.9 Å². The SMILES string of the molecule is CNC(=O)C1CN=C(c2cc(Oc3ccc(CCC(=O)Nc4ccc(Cl)c(C(F)(F)F)c4)cc3)ccn2)N1. The van der Waals surface area contributed by atoms with Gasteiger partial charge in [-0.2, -0.15) is 13.2 Å². The number of hydrogen-bond donors (Lipinski definition) is 3. The molecule has 3 aromatic rings. The molecule has 0 radical (unpaired) electrons. The lowest BCUT2D eigenvalue weighted by atomic mass is 10.1. The Kier molecular flexibility index (Phi) is 8.16. The molecule has 3 N–H and O–H groups in total. The van der Waals surface area contributed by atoms with Crippen LogP contribution < -0.4 is 20.7 Å². The number of carbonyl (C=O) groups excluding carboxylic acids is 2. The van der Waals surface area contributed by atoms with Crippen molar-refractivity contribution in [2.45, 2.75) is 25.1 Å². The molecule has 2 amide bonds. The summed E-state index contributed by atoms with van der Waals surface area (Å²) in [6, 6.07) is 13.3. The molecule has 0 spiro atoms. The minimum absolute atomic E-state index is 0.0233. The Bertz CT molecular complexity index is 1360. The molecule has 12 heteroatoms. The van der Waals surface area contributed by atoms with E-state index in [9.17, 15) is 22.8 Å². The van der Waals surface area contributed by atoms with Crippen molar-refractivity contribution in [3.05, 3.63) is 82.6 Å². The Morgan fingerprint density at radius 1 is 1.11 bits per heavy atom. The van der Waals surface area contributed by atoms with E-state index in [1.807, 2.05) is 0 Å². The number of aromatic nitrogens is 1. The number of carbonyl (C=O) groups is 2. The molecule has 2 aromatic carbocycles. The fourth-order valence-electron chi connectivity index (χ4n) is 3.68. The van der Waals surface area contributed by atoms with Crippen LogP contribution in [0.3, 0.4) is 0 Å². The van der Waals surface area contributed by atoms with E-state index in [1.165, 1.54) is 6.07 Å². The number of benzene rings is 2. The third kappa shape index (κ3) is 6.80. The van der Waals surface area contributed by atoms with E-state index in [2.05, 4.69) is 25.9 Å². The third-order valence-corrected chi connectivity index (χ3v) is 5.96. The average molecular weight is 546 g/mol. The molecule has 1 atom stereocenters. The molecule has 0 fully saturated rings. The number of nitrogens with one attached hydrogen (secondary N) is 3. The first-order valence-corrected chi connectivity index (χ1v) is 11.9. The summed E-state index contributed by atoms with van der Waals surface area (Å²) in [4.78, 5) is 32.7. The molecule has 0 saturated heterocycles. The minimum atomic E-state index is -4.61. The fourth-order valence-corrected chi connectivity index (χ4v) is 3.91. The molecule has 1 aliphatic heterocycles. The molecule has 1 aliphatic rings. The maximum atomic E-state index is 13.0. The molecule has 2 heterocycles. The quantitative estimate of drug-likeness (QED) is 0.384. The Hall–Kier alpha value is -4.12. The van der Waals surface area contributed by atoms with E-state index >= 15 is 0 Å². The van der Waals surface area contributed by atoms with Crippen molar-refractivity contribution in [2.24, 2.45) is 4.99 Å². The van der Waals surface area contributed by atoms with Crippen LogP contribution in [0.2, 0.25) is 5.02 Å². The highest BCUT2D eigenvalue weighted by Crippen LogP contribution is 2.36. The molecule has 8 nitrogen and oxygen atoms in total. The van der Waals surface area contributed by atoms with Gasteiger partial charge in [0.05, 0.1) is 17.1 Å². The zero-order valence-electron chi connectivity index (χ0n) is 20.1. The molecule has 38 heavy (non-hydrogen) atoms. The lowest BCUT2D eigenvalue weighted by molar-refractivity contribution is -0.137. The van der Waals surface area contributed by atoms with Crippen molar-refractivity contribution in [3.8, 4) is 11.5 Å². The Balaban J connectivity index is 1.30. The number of anilines is 1. The van der Waals surface area contributed by atoms with Crippen molar-refractivity contribution in [2.75, 3.05) is 18.9 Å². The zero-order valence-corrected chi connectivity index (χ0v) is 20.9. The van der Waals surface area contributed by atoms with Gasteiger partial charge in [-0.1, -0.05) is 23.7 Å². The first kappa shape index (κ1) is 26.9. The summed E-state index contributed by atoms with van der Waals surface area (Å²) in [7, 11) is 1.56. The van der Waals surface area contributed by atoms with Gasteiger partial charge in [0.25, 0.3) is 0 Å². The smallest absolute Gasteiger partial charge is 0.417 e. The first-order chi connectivity index (χ1) is 18.1. The van der Waals surface area contributed by atoms with E-state index in [4.69, 9.17) is 16.3 Å². The van der Waals surface area contributed by atoms with Crippen LogP contribution in [0, 0.1) is 0 Å². The summed E-state index contributed by atoms with van der Waals surface area (Å²) >= 11 is 5.61. The van der Waals surface area contributed by atoms with E-state index in [0.29, 0.717) is 36.0 Å². The van der Waals surface area contributed by atoms with Crippen molar-refractivity contribution < 1.29 is 27.5 Å². The van der Waals surface area contributed by atoms with Gasteiger partial charge in [-0.05, 0) is 48.4 Å². The number of nitrogens with zero attached hydrogens (tertiary/aromatic N) is 2. The topological polar surface area (TPSA) is 105 Å². The summed E-state index contributed by atoms with van der Waals surface area (Å²) in [5.41, 5.74) is 0.406. The second-order valence-electron chi connectivity index (χ2n) is 8.36. The monoisotopic (exact) mass is 545 g/mol. The average Bonchev–Trinajstić information content (AvgIpc) is 3.39. The van der Waals surface area contributed by atoms with Crippen LogP contribution in [0.15, 0.2) is 65.8 Å². The number of hydrogen-bond acceptors (Lipinski definition) is 6. The zero-order chi connectivity index (χ0) is 27.3. The van der Waals surface area contributed by atoms with Crippen LogP contribution in [0.5, 0.6) is 11.5 Å². The summed E-state index contributed by atoms with van der Waals surface area (Å²) < 4.78 is 44.9. The van der Waals surface area contributed by atoms with Gasteiger partial charge in [0.15, 0.2) is 0 Å². The second kappa shape index (κ2) is 11.5. The van der Waals surface area contributed by atoms with Crippen molar-refractivity contribution in [1.82, 2.24) is 15.6 Å². The highest BCUT2D eigenvalue weighted by molar-refractivity contribution is 6.31. The maximum absolute atomic E-state index is 13.0. The van der Waals surface area contributed by atoms with Crippen LogP contribution >= 0.6 is 11.6 Å². The lowest BCUT2D eigenvalue weighted by Crippen LogP contribution is -2.43. The first-order valence-electron chi connectivity index (χ1n) is 11.5. The van der Waals surface area contributed by atoms with Crippen LogP contribution in [-0.2, 0) is 22.2 Å². The Labute approximate surface area is 221 Å². The maximum Gasteiger partial charge on any atom is 0.417 e. The minimum Gasteiger partial charge on any atom is -0.457 e. The van der Waals surface area contributed by atoms with Gasteiger partial charge < -0.3 is 20.7 Å². The number of alkyl halides is 3. The summed E-state index contributed by atoms with van der Waals surface area (Å²) in [5.74, 6) is 1.00. The standard InChI is InChI=1S/C26H23ClF3N5O3/c1-31-25(37)22-14-33-24(35-22)21-13-18(10-11-32-21)38-17-6-2-15(3-7-17)4-9-23(36)34-16-5-8-20(27)19(12-16)26(28,29)30/h2-3,5-8,10-13,22H,4,9,14H2,1H3,(H,31,37)(H,33,35)(H,34,36). The van der Waals surface area contributed by atoms with Crippen LogP contribution in [0.1, 0.15) is 23.2 Å². The van der Waals surface area contributed by atoms with Gasteiger partial charge in [0, 0.05) is 31.4 Å². The van der Waals surface area contributed by atoms with Crippen LogP contribution in [-0.4, -0.2) is 42.3 Å². The van der Waals surface area contributed by atoms with Crippen molar-refractivity contribution in [3.63, 3.8) is 0 Å². The predicted molar refractivity (Wildman–Crippen MR) is 137 cm³/mol. The molecule has 0 aliphatic carbocycles. The predicted octanol–water partition coefficient (Wildman–Crippen LogP) is 4.58. The Morgan fingerprint density at radius 3 is 2.58 bits per heavy atom. The van der Waals surface area contributed by atoms with Gasteiger partial charge in [-0.15, -0.1) is 0 Å². The molecule has 4 rings (SSSR count). The van der Waals surface area contributed by atoms with Crippen molar-refractivity contribution in [1.29, 1.82) is 0 Å². The van der Waals surface area contributed by atoms with E-state index in [0.717, 1.165) is 17.7 Å². The number of aliphatic imine (C=N–C) groups is 1. The largest absolute Gasteiger partial charge is 0.457 e. The number of likely N-dealkylation sites (N-methyl/N-ethyl adjacent to an activating group) is 1. The van der Waals surface area contributed by atoms with Crippen molar-refractivity contribution >= 4 is 34.9 Å². The number of rotatable bonds is 8. The Morgan fingerprint density at radius 2 is 1.87 bits per heavy atom. The van der Waals surface area contributed by atoms with E-state index < -0.39 is 28.7 Å². The van der Waals surface area contributed by atoms with Gasteiger partial charge in [-0.25, -0.2) is 0 Å². The molecule has 0 saturated carbocycles. The highest BCUT2D eigenvalue weighted by Gasteiger charge is 2.33. The molecule has 198 valence electrons. The number of aryl methyl sites for hydroxylation is 1. The van der Waals surface area contributed by atoms with Gasteiger partial charge in [0.1, 0.15) is 29.1 Å². The van der Waals surface area contributed by atoms with Gasteiger partial charge in [-0.3, -0.25) is 19.6 Å². The van der Waals surface area contributed by atoms with E-state index in [1.54, 1.807) is 49.6 Å². The number of ether oxygens (including phenoxy) is 1. The normalized spacial score (nSPS) is 14.9. The summed E-state index contributed by atoms with van der Waals surface area (Å²) in [6.45, 7) is 0.315. The number of amides is 2. The molecular weight excluding hydrogens is 523 g/mol. The number of pyridine rings is 1. The lowest BCUT2D eigenvalue weighted by Gasteiger charge is -2.12. The van der Waals surface area contributed by atoms with E-state index in [-0.39, 0.29) is 18.0 Å². The highest BCUT2D eigenvalue weighted by atomic mass is 35.5. The molecule has 0 bridgehead atoms. The summed E-state index contributed by atoms with van der Waals surface area (Å²) in [6.07, 6.45) is -2.59. The molecule has 1 unspecified atom stereocenters. The third-order valence-electron chi connectivity index (χ3n) is 5.64. The van der Waals surface area contributed by atoms with Gasteiger partial charge in [0.2, 0.25) is 11.8 Å². The molecule has 1 aromatic heterocycles. The summed E-state index contributed by atoms with van der Waals surface area (Å²) in [5, 5.41) is 7.66.